The van der Waals surface area contributed by atoms with E-state index in [9.17, 15) is 0 Å². The maximum Gasteiger partial charge on any atom is 0.596 e. The lowest BCUT2D eigenvalue weighted by atomic mass is 10.4. The summed E-state index contributed by atoms with van der Waals surface area (Å²) < 4.78 is 17.0. The zero-order valence-electron chi connectivity index (χ0n) is 11.7. The van der Waals surface area contributed by atoms with E-state index in [1.807, 2.05) is 20.8 Å². The van der Waals surface area contributed by atoms with E-state index in [2.05, 4.69) is 17.2 Å². The average molecular weight is 264 g/mol. The summed E-state index contributed by atoms with van der Waals surface area (Å²) in [5.41, 5.74) is 0. The molecule has 0 unspecified atom stereocenters. The molecule has 0 aliphatic carbocycles. The van der Waals surface area contributed by atoms with Gasteiger partial charge in [0.15, 0.2) is 0 Å². The Hall–Kier alpha value is 0.0169. The van der Waals surface area contributed by atoms with Crippen molar-refractivity contribution in [2.24, 2.45) is 0 Å². The second-order valence-electron chi connectivity index (χ2n) is 3.49. The third kappa shape index (κ3) is 7.85. The van der Waals surface area contributed by atoms with Crippen LogP contribution >= 0.6 is 0 Å². The molecule has 0 rings (SSSR count). The maximum absolute atomic E-state index is 5.68. The molecule has 0 aliphatic rings. The van der Waals surface area contributed by atoms with Crippen LogP contribution in [-0.2, 0) is 13.3 Å². The molecule has 0 saturated heterocycles. The molecular weight excluding hydrogens is 236 g/mol. The van der Waals surface area contributed by atoms with E-state index in [-0.39, 0.29) is 0 Å². The molecule has 0 aliphatic heterocycles. The van der Waals surface area contributed by atoms with Gasteiger partial charge in [0.25, 0.3) is 0 Å². The summed E-state index contributed by atoms with van der Waals surface area (Å²) in [5, 5.41) is 3.28. The molecule has 0 saturated carbocycles. The van der Waals surface area contributed by atoms with Crippen molar-refractivity contribution in [3.05, 3.63) is 0 Å². The predicted octanol–water partition coefficient (Wildman–Crippen LogP) is 1.12. The summed E-state index contributed by atoms with van der Waals surface area (Å²) in [4.78, 5) is 3.33. The summed E-state index contributed by atoms with van der Waals surface area (Å²) in [6, 6.07) is 0. The maximum atomic E-state index is 5.68. The minimum atomic E-state index is -2.63. The highest BCUT2D eigenvalue weighted by molar-refractivity contribution is 6.57. The van der Waals surface area contributed by atoms with Gasteiger partial charge < -0.3 is 18.6 Å². The van der Waals surface area contributed by atoms with Crippen molar-refractivity contribution >= 4 is 8.97 Å². The van der Waals surface area contributed by atoms with Gasteiger partial charge in [0.1, 0.15) is 0 Å². The van der Waals surface area contributed by atoms with E-state index in [1.165, 1.54) is 0 Å². The molecular formula is C11H28N2O3Si. The summed E-state index contributed by atoms with van der Waals surface area (Å²) >= 11 is 0. The first-order valence-electron chi connectivity index (χ1n) is 6.62. The summed E-state index contributed by atoms with van der Waals surface area (Å²) in [7, 11) is -2.63. The van der Waals surface area contributed by atoms with Gasteiger partial charge in [0.2, 0.25) is 0 Å². The van der Waals surface area contributed by atoms with Gasteiger partial charge in [-0.25, -0.2) is 0 Å². The molecule has 0 heterocycles. The largest absolute Gasteiger partial charge is 0.596 e. The van der Waals surface area contributed by atoms with Crippen molar-refractivity contribution in [1.29, 1.82) is 0 Å². The Kier molecular flexibility index (Phi) is 11.1. The number of rotatable bonds is 12. The van der Waals surface area contributed by atoms with Gasteiger partial charge in [0, 0.05) is 19.8 Å². The highest BCUT2D eigenvalue weighted by Gasteiger charge is 2.40. The van der Waals surface area contributed by atoms with E-state index in [4.69, 9.17) is 13.3 Å². The van der Waals surface area contributed by atoms with Crippen LogP contribution in [0.4, 0.5) is 0 Å². The Morgan fingerprint density at radius 2 is 1.35 bits per heavy atom. The molecule has 0 fully saturated rings. The standard InChI is InChI=1S/C11H28N2O3Si/c1-5-12-10-9-11-13-17(14-6-2,15-7-3)16-8-4/h12-13H,5-11H2,1-4H3. The number of hydrogen-bond acceptors (Lipinski definition) is 5. The van der Waals surface area contributed by atoms with Crippen LogP contribution in [0, 0.1) is 0 Å². The quantitative estimate of drug-likeness (QED) is 0.409. The molecule has 5 nitrogen and oxygen atoms in total. The fourth-order valence-electron chi connectivity index (χ4n) is 1.48. The fourth-order valence-corrected chi connectivity index (χ4v) is 3.66. The van der Waals surface area contributed by atoms with Crippen LogP contribution in [0.3, 0.4) is 0 Å². The van der Waals surface area contributed by atoms with Crippen molar-refractivity contribution in [2.45, 2.75) is 34.1 Å². The molecule has 0 aromatic rings. The molecule has 0 aromatic carbocycles. The second-order valence-corrected chi connectivity index (χ2v) is 5.82. The predicted molar refractivity (Wildman–Crippen MR) is 71.8 cm³/mol. The van der Waals surface area contributed by atoms with Crippen LogP contribution in [0.5, 0.6) is 0 Å². The zero-order chi connectivity index (χ0) is 13.0. The SMILES string of the molecule is CCNCCCN[Si](OCC)(OCC)OCC. The Morgan fingerprint density at radius 3 is 1.76 bits per heavy atom. The first-order chi connectivity index (χ1) is 8.24. The van der Waals surface area contributed by atoms with Gasteiger partial charge in [-0.15, -0.1) is 0 Å². The molecule has 0 atom stereocenters. The molecule has 104 valence electrons. The Morgan fingerprint density at radius 1 is 0.824 bits per heavy atom. The Labute approximate surface area is 107 Å². The van der Waals surface area contributed by atoms with E-state index in [0.717, 1.165) is 26.1 Å². The minimum Gasteiger partial charge on any atom is -0.361 e. The first-order valence-corrected chi connectivity index (χ1v) is 8.34. The summed E-state index contributed by atoms with van der Waals surface area (Å²) in [5.74, 6) is 0. The van der Waals surface area contributed by atoms with Crippen LogP contribution in [-0.4, -0.2) is 48.4 Å². The minimum absolute atomic E-state index is 0.604. The van der Waals surface area contributed by atoms with Gasteiger partial charge in [-0.1, -0.05) is 6.92 Å². The second kappa shape index (κ2) is 11.1. The van der Waals surface area contributed by atoms with Crippen molar-refractivity contribution in [1.82, 2.24) is 10.3 Å². The molecule has 6 heteroatoms. The van der Waals surface area contributed by atoms with Crippen LogP contribution in [0.25, 0.3) is 0 Å². The molecule has 0 amide bonds. The van der Waals surface area contributed by atoms with Gasteiger partial charge >= 0.3 is 8.97 Å². The van der Waals surface area contributed by atoms with Crippen molar-refractivity contribution in [3.63, 3.8) is 0 Å². The lowest BCUT2D eigenvalue weighted by Gasteiger charge is -2.28. The Bertz CT molecular complexity index is 156. The molecule has 0 radical (unpaired) electrons. The molecule has 0 spiro atoms. The number of hydrogen-bond donors (Lipinski definition) is 2. The highest BCUT2D eigenvalue weighted by atomic mass is 28.4. The van der Waals surface area contributed by atoms with E-state index >= 15 is 0 Å². The zero-order valence-corrected chi connectivity index (χ0v) is 12.7. The molecule has 17 heavy (non-hydrogen) atoms. The number of nitrogens with one attached hydrogen (secondary N) is 2. The third-order valence-electron chi connectivity index (χ3n) is 2.12. The van der Waals surface area contributed by atoms with Crippen LogP contribution in [0.2, 0.25) is 0 Å². The van der Waals surface area contributed by atoms with Crippen molar-refractivity contribution in [3.8, 4) is 0 Å². The van der Waals surface area contributed by atoms with Gasteiger partial charge in [0.05, 0.1) is 0 Å². The van der Waals surface area contributed by atoms with E-state index < -0.39 is 8.97 Å². The highest BCUT2D eigenvalue weighted by Crippen LogP contribution is 2.06. The topological polar surface area (TPSA) is 51.8 Å². The van der Waals surface area contributed by atoms with Gasteiger partial charge in [-0.05, 0) is 46.8 Å². The van der Waals surface area contributed by atoms with Gasteiger partial charge in [-0.3, -0.25) is 4.98 Å². The molecule has 0 bridgehead atoms. The Balaban J connectivity index is 4.05. The fraction of sp³-hybridized carbons (Fsp3) is 1.00. The van der Waals surface area contributed by atoms with Gasteiger partial charge in [-0.2, -0.15) is 0 Å². The lowest BCUT2D eigenvalue weighted by Crippen LogP contribution is -2.59. The molecule has 0 aromatic heterocycles. The van der Waals surface area contributed by atoms with E-state index in [1.54, 1.807) is 0 Å². The van der Waals surface area contributed by atoms with Crippen LogP contribution in [0.15, 0.2) is 0 Å². The van der Waals surface area contributed by atoms with Crippen molar-refractivity contribution in [2.75, 3.05) is 39.5 Å². The lowest BCUT2D eigenvalue weighted by molar-refractivity contribution is 0.0599. The smallest absolute Gasteiger partial charge is 0.361 e. The monoisotopic (exact) mass is 264 g/mol. The molecule has 2 N–H and O–H groups in total. The third-order valence-corrected chi connectivity index (χ3v) is 4.81. The van der Waals surface area contributed by atoms with E-state index in [0.29, 0.717) is 19.8 Å². The first kappa shape index (κ1) is 17.0. The summed E-state index contributed by atoms with van der Waals surface area (Å²) in [6.45, 7) is 12.6. The average Bonchev–Trinajstić information content (AvgIpc) is 2.30. The van der Waals surface area contributed by atoms with Crippen LogP contribution < -0.4 is 10.3 Å². The normalized spacial score (nSPS) is 12.0. The van der Waals surface area contributed by atoms with Crippen molar-refractivity contribution < 1.29 is 13.3 Å². The van der Waals surface area contributed by atoms with Crippen LogP contribution in [0.1, 0.15) is 34.1 Å². The summed E-state index contributed by atoms with van der Waals surface area (Å²) in [6.07, 6.45) is 1.04.